The molecule has 0 aliphatic rings. The molecule has 0 aromatic heterocycles. The summed E-state index contributed by atoms with van der Waals surface area (Å²) in [5.41, 5.74) is 7.31. The molecule has 0 aliphatic carbocycles. The quantitative estimate of drug-likeness (QED) is 0.468. The van der Waals surface area contributed by atoms with Crippen LogP contribution in [-0.2, 0) is 20.8 Å². The monoisotopic (exact) mass is 493 g/mol. The molecule has 2 aromatic rings. The molecule has 0 saturated carbocycles. The number of halogens is 1. The Labute approximate surface area is 178 Å². The van der Waals surface area contributed by atoms with E-state index in [2.05, 4.69) is 33.2 Å². The number of carbonyl (C=O) groups excluding carboxylic acids is 3. The van der Waals surface area contributed by atoms with Gasteiger partial charge in [0, 0.05) is 22.8 Å². The Morgan fingerprint density at radius 1 is 0.929 bits per heavy atom. The van der Waals surface area contributed by atoms with Crippen LogP contribution in [0.4, 0.5) is 0 Å². The van der Waals surface area contributed by atoms with Crippen molar-refractivity contribution in [2.75, 3.05) is 0 Å². The van der Waals surface area contributed by atoms with Crippen LogP contribution >= 0.6 is 22.6 Å². The molecule has 2 atom stereocenters. The molecular formula is C21H24IN3O3. The number of primary amides is 1. The second-order valence-electron chi connectivity index (χ2n) is 6.55. The van der Waals surface area contributed by atoms with Gasteiger partial charge >= 0.3 is 0 Å². The molecule has 28 heavy (non-hydrogen) atoms. The smallest absolute Gasteiger partial charge is 0.240 e. The number of hydrogen-bond donors (Lipinski definition) is 3. The summed E-state index contributed by atoms with van der Waals surface area (Å²) in [5, 5.41) is 5.49. The zero-order valence-corrected chi connectivity index (χ0v) is 17.8. The Morgan fingerprint density at radius 3 is 2.07 bits per heavy atom. The molecule has 0 spiro atoms. The van der Waals surface area contributed by atoms with Crippen molar-refractivity contribution < 1.29 is 14.4 Å². The fraction of sp³-hybridized carbons (Fsp3) is 0.286. The Kier molecular flexibility index (Phi) is 8.43. The molecule has 6 nitrogen and oxygen atoms in total. The van der Waals surface area contributed by atoms with Crippen LogP contribution in [0.2, 0.25) is 0 Å². The van der Waals surface area contributed by atoms with Crippen LogP contribution in [0.3, 0.4) is 0 Å². The molecular weight excluding hydrogens is 469 g/mol. The van der Waals surface area contributed by atoms with Crippen molar-refractivity contribution in [2.45, 2.75) is 38.3 Å². The lowest BCUT2D eigenvalue weighted by Crippen LogP contribution is -2.46. The normalized spacial score (nSPS) is 12.6. The zero-order valence-electron chi connectivity index (χ0n) is 15.7. The van der Waals surface area contributed by atoms with E-state index in [0.717, 1.165) is 14.7 Å². The maximum Gasteiger partial charge on any atom is 0.240 e. The van der Waals surface area contributed by atoms with Gasteiger partial charge in [0.05, 0.1) is 6.04 Å². The fourth-order valence-electron chi connectivity index (χ4n) is 2.71. The first-order chi connectivity index (χ1) is 13.3. The maximum atomic E-state index is 12.2. The molecule has 3 amide bonds. The second kappa shape index (κ2) is 10.8. The van der Waals surface area contributed by atoms with Crippen LogP contribution in [0.5, 0.6) is 0 Å². The molecule has 2 aromatic carbocycles. The number of rotatable bonds is 9. The fourth-order valence-corrected chi connectivity index (χ4v) is 3.07. The average molecular weight is 493 g/mol. The third-order valence-corrected chi connectivity index (χ3v) is 5.01. The minimum atomic E-state index is -0.807. The Bertz CT molecular complexity index is 809. The summed E-state index contributed by atoms with van der Waals surface area (Å²) < 4.78 is 1.08. The summed E-state index contributed by atoms with van der Waals surface area (Å²) in [5.74, 6) is -1.20. The van der Waals surface area contributed by atoms with Crippen molar-refractivity contribution in [1.82, 2.24) is 10.6 Å². The molecule has 0 bridgehead atoms. The van der Waals surface area contributed by atoms with Crippen molar-refractivity contribution >= 4 is 40.3 Å². The summed E-state index contributed by atoms with van der Waals surface area (Å²) in [4.78, 5) is 35.9. The van der Waals surface area contributed by atoms with Gasteiger partial charge in [-0.05, 0) is 52.8 Å². The van der Waals surface area contributed by atoms with E-state index in [1.165, 1.54) is 0 Å². The van der Waals surface area contributed by atoms with Crippen LogP contribution < -0.4 is 16.4 Å². The molecule has 0 fully saturated rings. The Morgan fingerprint density at radius 2 is 1.50 bits per heavy atom. The minimum absolute atomic E-state index is 0.0101. The summed E-state index contributed by atoms with van der Waals surface area (Å²) in [6.07, 6.45) is 0.344. The predicted octanol–water partition coefficient (Wildman–Crippen LogP) is 2.46. The van der Waals surface area contributed by atoms with E-state index < -0.39 is 11.9 Å². The molecule has 2 rings (SSSR count). The van der Waals surface area contributed by atoms with Crippen LogP contribution in [-0.4, -0.2) is 23.8 Å². The minimum Gasteiger partial charge on any atom is -0.368 e. The van der Waals surface area contributed by atoms with E-state index in [1.54, 1.807) is 0 Å². The standard InChI is InChI=1S/C21H24IN3O3/c1-14(16-5-3-2-4-6-16)24-19(26)11-12-20(27)25-18(21(23)28)13-15-7-9-17(22)10-8-15/h2-10,14,18H,11-13H2,1H3,(H2,23,28)(H,24,26)(H,25,27)/t14-,18-/m1/s1. The van der Waals surface area contributed by atoms with Gasteiger partial charge < -0.3 is 16.4 Å². The number of hydrogen-bond acceptors (Lipinski definition) is 3. The second-order valence-corrected chi connectivity index (χ2v) is 7.80. The van der Waals surface area contributed by atoms with E-state index in [4.69, 9.17) is 5.73 Å². The van der Waals surface area contributed by atoms with Crippen molar-refractivity contribution in [3.8, 4) is 0 Å². The number of carbonyl (C=O) groups is 3. The van der Waals surface area contributed by atoms with Crippen molar-refractivity contribution in [2.24, 2.45) is 5.73 Å². The topological polar surface area (TPSA) is 101 Å². The van der Waals surface area contributed by atoms with Crippen molar-refractivity contribution in [1.29, 1.82) is 0 Å². The van der Waals surface area contributed by atoms with Gasteiger partial charge in [0.1, 0.15) is 6.04 Å². The third kappa shape index (κ3) is 7.30. The SMILES string of the molecule is C[C@@H](NC(=O)CCC(=O)N[C@H](Cc1ccc(I)cc1)C(N)=O)c1ccccc1. The lowest BCUT2D eigenvalue weighted by Gasteiger charge is -2.16. The lowest BCUT2D eigenvalue weighted by molar-refractivity contribution is -0.129. The summed E-state index contributed by atoms with van der Waals surface area (Å²) in [7, 11) is 0. The first-order valence-electron chi connectivity index (χ1n) is 9.02. The Hall–Kier alpha value is -2.42. The van der Waals surface area contributed by atoms with Crippen molar-refractivity contribution in [3.05, 3.63) is 69.3 Å². The van der Waals surface area contributed by atoms with E-state index >= 15 is 0 Å². The van der Waals surface area contributed by atoms with Gasteiger partial charge in [0.15, 0.2) is 0 Å². The van der Waals surface area contributed by atoms with Gasteiger partial charge in [-0.1, -0.05) is 42.5 Å². The Balaban J connectivity index is 1.81. The summed E-state index contributed by atoms with van der Waals surface area (Å²) in [6, 6.07) is 16.3. The van der Waals surface area contributed by atoms with Gasteiger partial charge in [-0.25, -0.2) is 0 Å². The third-order valence-electron chi connectivity index (χ3n) is 4.29. The molecule has 0 unspecified atom stereocenters. The van der Waals surface area contributed by atoms with E-state index in [9.17, 15) is 14.4 Å². The number of nitrogens with two attached hydrogens (primary N) is 1. The molecule has 148 valence electrons. The highest BCUT2D eigenvalue weighted by Crippen LogP contribution is 2.12. The van der Waals surface area contributed by atoms with Gasteiger partial charge in [-0.2, -0.15) is 0 Å². The number of benzene rings is 2. The van der Waals surface area contributed by atoms with E-state index in [1.807, 2.05) is 61.5 Å². The molecule has 0 aliphatic heterocycles. The number of amides is 3. The van der Waals surface area contributed by atoms with E-state index in [-0.39, 0.29) is 30.7 Å². The van der Waals surface area contributed by atoms with Gasteiger partial charge in [-0.15, -0.1) is 0 Å². The summed E-state index contributed by atoms with van der Waals surface area (Å²) >= 11 is 2.19. The highest BCUT2D eigenvalue weighted by atomic mass is 127. The molecule has 4 N–H and O–H groups in total. The van der Waals surface area contributed by atoms with Gasteiger partial charge in [0.25, 0.3) is 0 Å². The van der Waals surface area contributed by atoms with Crippen LogP contribution in [0.1, 0.15) is 36.9 Å². The number of nitrogens with one attached hydrogen (secondary N) is 2. The molecule has 0 heterocycles. The summed E-state index contributed by atoms with van der Waals surface area (Å²) in [6.45, 7) is 1.89. The molecule has 7 heteroatoms. The molecule has 0 radical (unpaired) electrons. The van der Waals surface area contributed by atoms with Crippen LogP contribution in [0.15, 0.2) is 54.6 Å². The van der Waals surface area contributed by atoms with Crippen LogP contribution in [0, 0.1) is 3.57 Å². The first kappa shape index (κ1) is 21.9. The zero-order chi connectivity index (χ0) is 20.5. The lowest BCUT2D eigenvalue weighted by atomic mass is 10.1. The largest absolute Gasteiger partial charge is 0.368 e. The predicted molar refractivity (Wildman–Crippen MR) is 116 cm³/mol. The van der Waals surface area contributed by atoms with Crippen LogP contribution in [0.25, 0.3) is 0 Å². The van der Waals surface area contributed by atoms with Crippen molar-refractivity contribution in [3.63, 3.8) is 0 Å². The highest BCUT2D eigenvalue weighted by Gasteiger charge is 2.19. The average Bonchev–Trinajstić information content (AvgIpc) is 2.68. The highest BCUT2D eigenvalue weighted by molar-refractivity contribution is 14.1. The first-order valence-corrected chi connectivity index (χ1v) is 10.1. The van der Waals surface area contributed by atoms with Gasteiger partial charge in [-0.3, -0.25) is 14.4 Å². The molecule has 0 saturated heterocycles. The van der Waals surface area contributed by atoms with E-state index in [0.29, 0.717) is 6.42 Å². The maximum absolute atomic E-state index is 12.2. The van der Waals surface area contributed by atoms with Gasteiger partial charge in [0.2, 0.25) is 17.7 Å².